The molecule has 0 spiro atoms. The van der Waals surface area contributed by atoms with Gasteiger partial charge >= 0.3 is 5.97 Å². The predicted octanol–water partition coefficient (Wildman–Crippen LogP) is 1.68. The number of H-pyrrole nitrogens is 1. The van der Waals surface area contributed by atoms with E-state index in [1.165, 1.54) is 13.3 Å². The lowest BCUT2D eigenvalue weighted by molar-refractivity contribution is -0.136. The van der Waals surface area contributed by atoms with E-state index in [1.54, 1.807) is 12.1 Å². The Morgan fingerprint density at radius 3 is 2.92 bits per heavy atom. The first-order chi connectivity index (χ1) is 11.8. The molecule has 0 saturated carbocycles. The summed E-state index contributed by atoms with van der Waals surface area (Å²) >= 11 is 8.25. The van der Waals surface area contributed by atoms with Crippen molar-refractivity contribution in [1.82, 2.24) is 14.9 Å². The van der Waals surface area contributed by atoms with Crippen LogP contribution in [0.5, 0.6) is 11.5 Å². The molecule has 1 heterocycles. The molecule has 2 aromatic rings. The summed E-state index contributed by atoms with van der Waals surface area (Å²) in [4.78, 5) is 22.9. The average Bonchev–Trinajstić information content (AvgIpc) is 2.56. The second-order valence-electron chi connectivity index (χ2n) is 4.78. The van der Waals surface area contributed by atoms with Crippen LogP contribution in [0, 0.1) is 4.77 Å². The van der Waals surface area contributed by atoms with E-state index in [4.69, 9.17) is 22.1 Å². The van der Waals surface area contributed by atoms with Crippen LogP contribution in [0.15, 0.2) is 26.5 Å². The summed E-state index contributed by atoms with van der Waals surface area (Å²) in [5.74, 6) is -0.979. The summed E-state index contributed by atoms with van der Waals surface area (Å²) in [5, 5.41) is 29.0. The lowest BCUT2D eigenvalue weighted by Crippen LogP contribution is -2.25. The maximum Gasteiger partial charge on any atom is 0.303 e. The Hall–Kier alpha value is -2.53. The Balaban J connectivity index is 2.44. The van der Waals surface area contributed by atoms with E-state index in [2.05, 4.69) is 31.2 Å². The molecule has 25 heavy (non-hydrogen) atoms. The summed E-state index contributed by atoms with van der Waals surface area (Å²) < 4.78 is 6.47. The van der Waals surface area contributed by atoms with Gasteiger partial charge in [-0.3, -0.25) is 14.7 Å². The molecule has 0 saturated heterocycles. The maximum absolute atomic E-state index is 12.3. The van der Waals surface area contributed by atoms with Gasteiger partial charge in [0.05, 0.1) is 19.7 Å². The zero-order chi connectivity index (χ0) is 18.6. The van der Waals surface area contributed by atoms with Gasteiger partial charge in [-0.15, -0.1) is 0 Å². The normalized spacial score (nSPS) is 11.0. The number of hydrogen-bond acceptors (Lipinski definition) is 7. The number of aromatic amines is 1. The molecule has 0 aliphatic rings. The highest BCUT2D eigenvalue weighted by molar-refractivity contribution is 9.10. The van der Waals surface area contributed by atoms with Crippen molar-refractivity contribution in [3.05, 3.63) is 43.0 Å². The van der Waals surface area contributed by atoms with E-state index in [9.17, 15) is 14.7 Å². The lowest BCUT2D eigenvalue weighted by Gasteiger charge is -2.07. The molecule has 9 nitrogen and oxygen atoms in total. The fraction of sp³-hybridized carbons (Fsp3) is 0.214. The van der Waals surface area contributed by atoms with Gasteiger partial charge in [0.2, 0.25) is 4.77 Å². The van der Waals surface area contributed by atoms with E-state index in [0.29, 0.717) is 4.47 Å². The van der Waals surface area contributed by atoms with Crippen LogP contribution < -0.4 is 10.3 Å². The molecule has 1 aromatic heterocycles. The number of aliphatic carboxylic acids is 1. The van der Waals surface area contributed by atoms with E-state index in [1.807, 2.05) is 0 Å². The number of carbonyl (C=O) groups is 1. The highest BCUT2D eigenvalue weighted by atomic mass is 79.9. The highest BCUT2D eigenvalue weighted by Gasteiger charge is 2.11. The van der Waals surface area contributed by atoms with Crippen LogP contribution in [0.25, 0.3) is 0 Å². The first kappa shape index (κ1) is 18.8. The molecule has 11 heteroatoms. The van der Waals surface area contributed by atoms with Gasteiger partial charge in [0, 0.05) is 16.5 Å². The molecule has 0 aliphatic carbocycles. The number of aromatic hydroxyl groups is 1. The van der Waals surface area contributed by atoms with Gasteiger partial charge in [-0.05, 0) is 24.4 Å². The van der Waals surface area contributed by atoms with Crippen LogP contribution in [-0.4, -0.2) is 44.4 Å². The average molecular weight is 429 g/mol. The highest BCUT2D eigenvalue weighted by Crippen LogP contribution is 2.32. The molecule has 0 amide bonds. The number of nitrogens with one attached hydrogen (secondary N) is 1. The second-order valence-corrected chi connectivity index (χ2v) is 6.08. The van der Waals surface area contributed by atoms with Crippen LogP contribution >= 0.6 is 28.1 Å². The standard InChI is InChI=1S/C14H13BrN4O5S/c1-24-10-5-8(15)4-7(12(10)22)6-16-19-13(23)9(2-3-11(20)21)17-18-14(19)25/h4-6,22H,2-3H2,1H3,(H,18,25)(H,20,21)/b16-6-. The van der Waals surface area contributed by atoms with E-state index < -0.39 is 11.5 Å². The largest absolute Gasteiger partial charge is 0.504 e. The zero-order valence-electron chi connectivity index (χ0n) is 12.9. The monoisotopic (exact) mass is 428 g/mol. The van der Waals surface area contributed by atoms with E-state index >= 15 is 0 Å². The fourth-order valence-corrected chi connectivity index (χ4v) is 2.52. The molecule has 0 atom stereocenters. The predicted molar refractivity (Wildman–Crippen MR) is 95.0 cm³/mol. The smallest absolute Gasteiger partial charge is 0.303 e. The minimum Gasteiger partial charge on any atom is -0.504 e. The maximum atomic E-state index is 12.3. The molecular weight excluding hydrogens is 416 g/mol. The van der Waals surface area contributed by atoms with Crippen molar-refractivity contribution >= 4 is 40.3 Å². The molecule has 0 radical (unpaired) electrons. The van der Waals surface area contributed by atoms with Crippen LogP contribution in [0.1, 0.15) is 17.7 Å². The number of rotatable bonds is 6. The number of benzene rings is 1. The van der Waals surface area contributed by atoms with E-state index in [0.717, 1.165) is 4.68 Å². The third-order valence-electron chi connectivity index (χ3n) is 3.10. The van der Waals surface area contributed by atoms with Crippen molar-refractivity contribution in [3.63, 3.8) is 0 Å². The molecule has 132 valence electrons. The molecule has 1 aromatic carbocycles. The minimum absolute atomic E-state index is 0.0100. The molecule has 2 rings (SSSR count). The number of aryl methyl sites for hydroxylation is 1. The summed E-state index contributed by atoms with van der Waals surface area (Å²) in [7, 11) is 1.40. The number of halogens is 1. The van der Waals surface area contributed by atoms with Crippen molar-refractivity contribution in [1.29, 1.82) is 0 Å². The van der Waals surface area contributed by atoms with Gasteiger partial charge in [0.1, 0.15) is 5.69 Å². The van der Waals surface area contributed by atoms with Crippen LogP contribution in [0.4, 0.5) is 0 Å². The summed E-state index contributed by atoms with van der Waals surface area (Å²) in [5.41, 5.74) is -0.358. The lowest BCUT2D eigenvalue weighted by atomic mass is 10.2. The number of phenols is 1. The first-order valence-corrected chi connectivity index (χ1v) is 8.07. The number of hydrogen-bond donors (Lipinski definition) is 3. The van der Waals surface area contributed by atoms with Gasteiger partial charge in [0.15, 0.2) is 11.5 Å². The van der Waals surface area contributed by atoms with Crippen molar-refractivity contribution < 1.29 is 19.7 Å². The minimum atomic E-state index is -1.05. The van der Waals surface area contributed by atoms with Crippen LogP contribution in [0.3, 0.4) is 0 Å². The number of ether oxygens (including phenoxy) is 1. The number of phenolic OH excluding ortho intramolecular Hbond substituents is 1. The Kier molecular flexibility index (Phi) is 6.04. The van der Waals surface area contributed by atoms with Crippen molar-refractivity contribution in [2.24, 2.45) is 5.10 Å². The molecular formula is C14H13BrN4O5S. The third-order valence-corrected chi connectivity index (χ3v) is 3.82. The quantitative estimate of drug-likeness (QED) is 0.471. The number of nitrogens with zero attached hydrogens (tertiary/aromatic N) is 3. The van der Waals surface area contributed by atoms with Gasteiger partial charge in [-0.25, -0.2) is 0 Å². The Labute approximate surface area is 154 Å². The SMILES string of the molecule is COc1cc(Br)cc(/C=N\n2c(=S)[nH]nc(CCC(=O)O)c2=O)c1O. The molecule has 0 fully saturated rings. The fourth-order valence-electron chi connectivity index (χ4n) is 1.89. The number of carboxylic acid groups (broad SMARTS) is 1. The van der Waals surface area contributed by atoms with Gasteiger partial charge in [-0.1, -0.05) is 15.9 Å². The third kappa shape index (κ3) is 4.51. The van der Waals surface area contributed by atoms with Crippen molar-refractivity contribution in [2.75, 3.05) is 7.11 Å². The zero-order valence-corrected chi connectivity index (χ0v) is 15.3. The molecule has 3 N–H and O–H groups in total. The summed E-state index contributed by atoms with van der Waals surface area (Å²) in [6.45, 7) is 0. The van der Waals surface area contributed by atoms with Gasteiger partial charge < -0.3 is 14.9 Å². The molecule has 0 unspecified atom stereocenters. The van der Waals surface area contributed by atoms with Crippen LogP contribution in [0.2, 0.25) is 0 Å². The molecule has 0 bridgehead atoms. The summed E-state index contributed by atoms with van der Waals surface area (Å²) in [6, 6.07) is 3.15. The number of methoxy groups -OCH3 is 1. The van der Waals surface area contributed by atoms with Crippen molar-refractivity contribution in [2.45, 2.75) is 12.8 Å². The van der Waals surface area contributed by atoms with Crippen LogP contribution in [-0.2, 0) is 11.2 Å². The van der Waals surface area contributed by atoms with Crippen molar-refractivity contribution in [3.8, 4) is 11.5 Å². The van der Waals surface area contributed by atoms with E-state index in [-0.39, 0.29) is 40.4 Å². The number of carboxylic acids is 1. The Morgan fingerprint density at radius 1 is 1.56 bits per heavy atom. The first-order valence-electron chi connectivity index (χ1n) is 6.86. The van der Waals surface area contributed by atoms with Gasteiger partial charge in [0.25, 0.3) is 5.56 Å². The Bertz CT molecular complexity index is 953. The number of aromatic nitrogens is 3. The topological polar surface area (TPSA) is 130 Å². The molecule has 0 aliphatic heterocycles. The van der Waals surface area contributed by atoms with Gasteiger partial charge in [-0.2, -0.15) is 14.9 Å². The Morgan fingerprint density at radius 2 is 2.28 bits per heavy atom. The summed E-state index contributed by atoms with van der Waals surface area (Å²) in [6.07, 6.45) is 0.917. The second kappa shape index (κ2) is 8.03.